The van der Waals surface area contributed by atoms with Gasteiger partial charge in [-0.05, 0) is 12.5 Å². The van der Waals surface area contributed by atoms with Crippen LogP contribution in [0.25, 0.3) is 0 Å². The predicted octanol–water partition coefficient (Wildman–Crippen LogP) is 1.000. The Morgan fingerprint density at radius 2 is 1.88 bits per heavy atom. The molecular weight excluding hydrogens is 204 g/mol. The second kappa shape index (κ2) is 5.90. The topological polar surface area (TPSA) is 58.2 Å². The molecular formula is C12H16N2O2. The average Bonchev–Trinajstić information content (AvgIpc) is 2.27. The van der Waals surface area contributed by atoms with Gasteiger partial charge in [-0.25, -0.2) is 0 Å². The number of benzene rings is 1. The van der Waals surface area contributed by atoms with E-state index in [1.807, 2.05) is 37.3 Å². The number of nitrogens with one attached hydrogen (secondary N) is 2. The number of carbonyl (C=O) groups excluding carboxylic acids is 2. The minimum Gasteiger partial charge on any atom is -0.348 e. The van der Waals surface area contributed by atoms with E-state index in [1.165, 1.54) is 6.92 Å². The fraction of sp³-hybridized carbons (Fsp3) is 0.333. The van der Waals surface area contributed by atoms with Crippen molar-refractivity contribution in [2.45, 2.75) is 19.9 Å². The molecule has 0 fully saturated rings. The molecule has 0 bridgehead atoms. The molecule has 86 valence electrons. The van der Waals surface area contributed by atoms with Gasteiger partial charge in [0.15, 0.2) is 0 Å². The normalized spacial score (nSPS) is 11.6. The number of hydrogen-bond donors (Lipinski definition) is 2. The van der Waals surface area contributed by atoms with Gasteiger partial charge in [0, 0.05) is 6.92 Å². The zero-order valence-electron chi connectivity index (χ0n) is 9.49. The summed E-state index contributed by atoms with van der Waals surface area (Å²) in [5.74, 6) is -0.394. The molecule has 0 aliphatic carbocycles. The van der Waals surface area contributed by atoms with Crippen LogP contribution >= 0.6 is 0 Å². The standard InChI is InChI=1S/C12H16N2O2/c1-9(11-6-4-3-5-7-11)14-12(16)8-13-10(2)15/h3-7,9H,8H2,1-2H3,(H,13,15)(H,14,16). The number of carbonyl (C=O) groups is 2. The minimum atomic E-state index is -0.206. The summed E-state index contributed by atoms with van der Waals surface area (Å²) in [7, 11) is 0. The minimum absolute atomic E-state index is 0.0203. The van der Waals surface area contributed by atoms with Gasteiger partial charge in [-0.3, -0.25) is 9.59 Å². The van der Waals surface area contributed by atoms with Gasteiger partial charge in [0.2, 0.25) is 11.8 Å². The maximum absolute atomic E-state index is 11.4. The van der Waals surface area contributed by atoms with Crippen LogP contribution < -0.4 is 10.6 Å². The molecule has 1 rings (SSSR count). The Balaban J connectivity index is 2.43. The SMILES string of the molecule is CC(=O)NCC(=O)NC(C)c1ccccc1. The van der Waals surface area contributed by atoms with E-state index < -0.39 is 0 Å². The predicted molar refractivity (Wildman–Crippen MR) is 61.7 cm³/mol. The Bertz CT molecular complexity index is 363. The van der Waals surface area contributed by atoms with Crippen LogP contribution in [0.5, 0.6) is 0 Å². The molecule has 0 saturated carbocycles. The number of hydrogen-bond acceptors (Lipinski definition) is 2. The zero-order chi connectivity index (χ0) is 12.0. The molecule has 0 saturated heterocycles. The molecule has 2 N–H and O–H groups in total. The largest absolute Gasteiger partial charge is 0.348 e. The second-order valence-corrected chi connectivity index (χ2v) is 3.61. The number of amides is 2. The van der Waals surface area contributed by atoms with Crippen LogP contribution in [-0.2, 0) is 9.59 Å². The molecule has 0 aromatic heterocycles. The van der Waals surface area contributed by atoms with Crippen molar-refractivity contribution < 1.29 is 9.59 Å². The monoisotopic (exact) mass is 220 g/mol. The maximum atomic E-state index is 11.4. The lowest BCUT2D eigenvalue weighted by Crippen LogP contribution is -2.37. The molecule has 0 spiro atoms. The third kappa shape index (κ3) is 4.13. The zero-order valence-corrected chi connectivity index (χ0v) is 9.49. The van der Waals surface area contributed by atoms with Crippen molar-refractivity contribution in [1.82, 2.24) is 10.6 Å². The van der Waals surface area contributed by atoms with Crippen LogP contribution in [0.2, 0.25) is 0 Å². The first-order valence-corrected chi connectivity index (χ1v) is 5.18. The summed E-state index contributed by atoms with van der Waals surface area (Å²) in [5.41, 5.74) is 1.04. The molecule has 1 atom stereocenters. The second-order valence-electron chi connectivity index (χ2n) is 3.61. The summed E-state index contributed by atoms with van der Waals surface area (Å²) in [5, 5.41) is 5.25. The fourth-order valence-corrected chi connectivity index (χ4v) is 1.32. The highest BCUT2D eigenvalue weighted by Gasteiger charge is 2.08. The third-order valence-corrected chi connectivity index (χ3v) is 2.17. The molecule has 0 aliphatic rings. The molecule has 0 aliphatic heterocycles. The van der Waals surface area contributed by atoms with Crippen molar-refractivity contribution in [3.8, 4) is 0 Å². The lowest BCUT2D eigenvalue weighted by Gasteiger charge is -2.14. The first-order chi connectivity index (χ1) is 7.59. The first kappa shape index (κ1) is 12.2. The molecule has 4 nitrogen and oxygen atoms in total. The van der Waals surface area contributed by atoms with Gasteiger partial charge in [0.25, 0.3) is 0 Å². The van der Waals surface area contributed by atoms with Crippen LogP contribution in [0.3, 0.4) is 0 Å². The van der Waals surface area contributed by atoms with Crippen LogP contribution in [0, 0.1) is 0 Å². The van der Waals surface area contributed by atoms with Gasteiger partial charge < -0.3 is 10.6 Å². The molecule has 0 heterocycles. The quantitative estimate of drug-likeness (QED) is 0.795. The summed E-state index contributed by atoms with van der Waals surface area (Å²) < 4.78 is 0. The van der Waals surface area contributed by atoms with E-state index in [1.54, 1.807) is 0 Å². The highest BCUT2D eigenvalue weighted by atomic mass is 16.2. The lowest BCUT2D eigenvalue weighted by molar-refractivity contribution is -0.125. The molecule has 1 aromatic carbocycles. The van der Waals surface area contributed by atoms with Crippen molar-refractivity contribution in [3.05, 3.63) is 35.9 Å². The van der Waals surface area contributed by atoms with E-state index in [0.29, 0.717) is 0 Å². The van der Waals surface area contributed by atoms with Gasteiger partial charge in [-0.2, -0.15) is 0 Å². The summed E-state index contributed by atoms with van der Waals surface area (Å²) >= 11 is 0. The van der Waals surface area contributed by atoms with Crippen molar-refractivity contribution in [2.24, 2.45) is 0 Å². The van der Waals surface area contributed by atoms with Gasteiger partial charge in [-0.1, -0.05) is 30.3 Å². The van der Waals surface area contributed by atoms with E-state index in [9.17, 15) is 9.59 Å². The Hall–Kier alpha value is -1.84. The van der Waals surface area contributed by atoms with Gasteiger partial charge in [0.1, 0.15) is 0 Å². The van der Waals surface area contributed by atoms with Gasteiger partial charge in [0.05, 0.1) is 12.6 Å². The van der Waals surface area contributed by atoms with E-state index in [4.69, 9.17) is 0 Å². The van der Waals surface area contributed by atoms with Gasteiger partial charge in [-0.15, -0.1) is 0 Å². The summed E-state index contributed by atoms with van der Waals surface area (Å²) in [6.07, 6.45) is 0. The maximum Gasteiger partial charge on any atom is 0.239 e. The Morgan fingerprint density at radius 3 is 2.44 bits per heavy atom. The highest BCUT2D eigenvalue weighted by Crippen LogP contribution is 2.10. The Kier molecular flexibility index (Phi) is 4.51. The van der Waals surface area contributed by atoms with Crippen molar-refractivity contribution in [2.75, 3.05) is 6.54 Å². The molecule has 4 heteroatoms. The van der Waals surface area contributed by atoms with Crippen molar-refractivity contribution in [1.29, 1.82) is 0 Å². The molecule has 0 radical (unpaired) electrons. The Morgan fingerprint density at radius 1 is 1.25 bits per heavy atom. The van der Waals surface area contributed by atoms with Crippen LogP contribution in [-0.4, -0.2) is 18.4 Å². The average molecular weight is 220 g/mol. The van der Waals surface area contributed by atoms with Crippen LogP contribution in [0.15, 0.2) is 30.3 Å². The number of rotatable bonds is 4. The summed E-state index contributed by atoms with van der Waals surface area (Å²) in [6, 6.07) is 9.61. The summed E-state index contributed by atoms with van der Waals surface area (Å²) in [4.78, 5) is 22.0. The van der Waals surface area contributed by atoms with Crippen LogP contribution in [0.1, 0.15) is 25.5 Å². The third-order valence-electron chi connectivity index (χ3n) is 2.17. The van der Waals surface area contributed by atoms with Gasteiger partial charge >= 0.3 is 0 Å². The Labute approximate surface area is 95.0 Å². The van der Waals surface area contributed by atoms with Crippen LogP contribution in [0.4, 0.5) is 0 Å². The van der Waals surface area contributed by atoms with Crippen molar-refractivity contribution >= 4 is 11.8 Å². The molecule has 2 amide bonds. The smallest absolute Gasteiger partial charge is 0.239 e. The van der Waals surface area contributed by atoms with E-state index in [-0.39, 0.29) is 24.4 Å². The summed E-state index contributed by atoms with van der Waals surface area (Å²) in [6.45, 7) is 3.31. The molecule has 16 heavy (non-hydrogen) atoms. The van der Waals surface area contributed by atoms with E-state index >= 15 is 0 Å². The molecule has 1 aromatic rings. The van der Waals surface area contributed by atoms with E-state index in [2.05, 4.69) is 10.6 Å². The highest BCUT2D eigenvalue weighted by molar-refractivity contribution is 5.83. The van der Waals surface area contributed by atoms with Crippen molar-refractivity contribution in [3.63, 3.8) is 0 Å². The lowest BCUT2D eigenvalue weighted by atomic mass is 10.1. The van der Waals surface area contributed by atoms with E-state index in [0.717, 1.165) is 5.56 Å². The molecule has 1 unspecified atom stereocenters. The first-order valence-electron chi connectivity index (χ1n) is 5.18. The fourth-order valence-electron chi connectivity index (χ4n) is 1.32.